The number of carbonyl (C=O) groups is 1. The third kappa shape index (κ3) is 6.16. The predicted octanol–water partition coefficient (Wildman–Crippen LogP) is 4.65. The summed E-state index contributed by atoms with van der Waals surface area (Å²) < 4.78 is 32.4. The number of hydrogen-bond acceptors (Lipinski definition) is 4. The van der Waals surface area contributed by atoms with Crippen molar-refractivity contribution in [1.29, 1.82) is 0 Å². The van der Waals surface area contributed by atoms with E-state index in [9.17, 15) is 13.2 Å². The van der Waals surface area contributed by atoms with Crippen LogP contribution in [-0.2, 0) is 21.4 Å². The van der Waals surface area contributed by atoms with Gasteiger partial charge in [-0.25, -0.2) is 8.42 Å². The summed E-state index contributed by atoms with van der Waals surface area (Å²) >= 11 is 0. The number of furan rings is 1. The van der Waals surface area contributed by atoms with Crippen molar-refractivity contribution in [2.24, 2.45) is 0 Å². The van der Waals surface area contributed by atoms with E-state index in [1.807, 2.05) is 51.1 Å². The smallest absolute Gasteiger partial charge is 0.239 e. The average molecular weight is 439 g/mol. The molecule has 3 aromatic rings. The lowest BCUT2D eigenvalue weighted by atomic mass is 10.1. The molecule has 1 amide bonds. The Balaban J connectivity index is 1.82. The summed E-state index contributed by atoms with van der Waals surface area (Å²) in [5.41, 5.74) is 4.40. The highest BCUT2D eigenvalue weighted by Crippen LogP contribution is 2.22. The Morgan fingerprint density at radius 2 is 1.71 bits per heavy atom. The Morgan fingerprint density at radius 3 is 2.32 bits per heavy atom. The van der Waals surface area contributed by atoms with E-state index >= 15 is 0 Å². The number of carbonyl (C=O) groups excluding carboxylic acids is 1. The van der Waals surface area contributed by atoms with Crippen molar-refractivity contribution < 1.29 is 17.6 Å². The van der Waals surface area contributed by atoms with Gasteiger partial charge in [0, 0.05) is 11.1 Å². The molecule has 6 nitrogen and oxygen atoms in total. The number of benzene rings is 2. The highest BCUT2D eigenvalue weighted by Gasteiger charge is 2.24. The molecule has 1 aromatic heterocycles. The highest BCUT2D eigenvalue weighted by atomic mass is 32.2. The van der Waals surface area contributed by atoms with Crippen molar-refractivity contribution in [3.63, 3.8) is 0 Å². The van der Waals surface area contributed by atoms with Gasteiger partial charge in [-0.1, -0.05) is 48.0 Å². The van der Waals surface area contributed by atoms with Crippen LogP contribution in [0.15, 0.2) is 70.7 Å². The number of anilines is 1. The van der Waals surface area contributed by atoms with Gasteiger partial charge in [0.05, 0.1) is 19.4 Å². The maximum absolute atomic E-state index is 13.0. The van der Waals surface area contributed by atoms with Crippen LogP contribution < -0.4 is 5.32 Å². The number of aryl methyl sites for hydroxylation is 3. The summed E-state index contributed by atoms with van der Waals surface area (Å²) in [6.07, 6.45) is 2.98. The van der Waals surface area contributed by atoms with Gasteiger partial charge in [-0.2, -0.15) is 4.31 Å². The van der Waals surface area contributed by atoms with Gasteiger partial charge >= 0.3 is 0 Å². The predicted molar refractivity (Wildman–Crippen MR) is 123 cm³/mol. The molecule has 0 aliphatic carbocycles. The molecule has 0 saturated heterocycles. The SMILES string of the molecule is Cc1cc(C)c(NC(=O)CN(Cc2ccco2)S(=O)(=O)C=Cc2ccccc2)c(C)c1. The van der Waals surface area contributed by atoms with Crippen LogP contribution in [0.3, 0.4) is 0 Å². The molecule has 0 atom stereocenters. The summed E-state index contributed by atoms with van der Waals surface area (Å²) in [6.45, 7) is 5.43. The van der Waals surface area contributed by atoms with Crippen LogP contribution in [0.2, 0.25) is 0 Å². The maximum atomic E-state index is 13.0. The third-order valence-electron chi connectivity index (χ3n) is 4.77. The van der Waals surface area contributed by atoms with Crippen LogP contribution in [0, 0.1) is 20.8 Å². The highest BCUT2D eigenvalue weighted by molar-refractivity contribution is 7.92. The summed E-state index contributed by atoms with van der Waals surface area (Å²) in [5.74, 6) is 0.0329. The van der Waals surface area contributed by atoms with Gasteiger partial charge in [-0.3, -0.25) is 4.79 Å². The number of hydrogen-bond donors (Lipinski definition) is 1. The molecule has 0 bridgehead atoms. The molecular weight excluding hydrogens is 412 g/mol. The summed E-state index contributed by atoms with van der Waals surface area (Å²) in [5, 5.41) is 3.97. The first kappa shape index (κ1) is 22.5. The largest absolute Gasteiger partial charge is 0.468 e. The lowest BCUT2D eigenvalue weighted by Gasteiger charge is -2.20. The quantitative estimate of drug-likeness (QED) is 0.555. The first-order valence-corrected chi connectivity index (χ1v) is 11.4. The van der Waals surface area contributed by atoms with Gasteiger partial charge in [0.1, 0.15) is 5.76 Å². The van der Waals surface area contributed by atoms with Crippen molar-refractivity contribution in [3.05, 3.63) is 94.3 Å². The second-order valence-electron chi connectivity index (χ2n) is 7.43. The molecule has 0 radical (unpaired) electrons. The second kappa shape index (κ2) is 9.76. The zero-order valence-electron chi connectivity index (χ0n) is 17.8. The minimum atomic E-state index is -3.88. The normalized spacial score (nSPS) is 11.9. The maximum Gasteiger partial charge on any atom is 0.239 e. The van der Waals surface area contributed by atoms with Crippen LogP contribution >= 0.6 is 0 Å². The van der Waals surface area contributed by atoms with E-state index in [1.165, 1.54) is 12.3 Å². The topological polar surface area (TPSA) is 79.6 Å². The average Bonchev–Trinajstić information content (AvgIpc) is 3.23. The monoisotopic (exact) mass is 438 g/mol. The number of rotatable bonds is 8. The van der Waals surface area contributed by atoms with Gasteiger partial charge < -0.3 is 9.73 Å². The van der Waals surface area contributed by atoms with E-state index in [0.29, 0.717) is 11.4 Å². The Kier molecular flexibility index (Phi) is 7.09. The van der Waals surface area contributed by atoms with E-state index in [4.69, 9.17) is 4.42 Å². The molecule has 0 aliphatic rings. The Bertz CT molecular complexity index is 1140. The van der Waals surface area contributed by atoms with E-state index in [0.717, 1.165) is 32.0 Å². The summed E-state index contributed by atoms with van der Waals surface area (Å²) in [7, 11) is -3.88. The van der Waals surface area contributed by atoms with Gasteiger partial charge in [0.15, 0.2) is 0 Å². The van der Waals surface area contributed by atoms with Gasteiger partial charge in [0.25, 0.3) is 0 Å². The second-order valence-corrected chi connectivity index (χ2v) is 9.25. The lowest BCUT2D eigenvalue weighted by Crippen LogP contribution is -2.36. The standard InChI is InChI=1S/C24H26N2O4S/c1-18-14-19(2)24(20(3)15-18)25-23(27)17-26(16-22-10-7-12-30-22)31(28,29)13-11-21-8-5-4-6-9-21/h4-15H,16-17H2,1-3H3,(H,25,27). The Hall–Kier alpha value is -3.16. The molecular formula is C24H26N2O4S. The molecule has 0 spiro atoms. The number of sulfonamides is 1. The summed E-state index contributed by atoms with van der Waals surface area (Å²) in [6, 6.07) is 16.4. The molecule has 0 aliphatic heterocycles. The molecule has 2 aromatic carbocycles. The third-order valence-corrected chi connectivity index (χ3v) is 6.22. The van der Waals surface area contributed by atoms with Gasteiger partial charge in [-0.05, 0) is 55.7 Å². The van der Waals surface area contributed by atoms with Crippen molar-refractivity contribution in [3.8, 4) is 0 Å². The molecule has 1 heterocycles. The van der Waals surface area contributed by atoms with Crippen molar-refractivity contribution in [2.45, 2.75) is 27.3 Å². The van der Waals surface area contributed by atoms with E-state index < -0.39 is 15.9 Å². The Labute approximate surface area is 183 Å². The lowest BCUT2D eigenvalue weighted by molar-refractivity contribution is -0.116. The molecule has 31 heavy (non-hydrogen) atoms. The molecule has 162 valence electrons. The number of nitrogens with one attached hydrogen (secondary N) is 1. The minimum absolute atomic E-state index is 0.0479. The van der Waals surface area contributed by atoms with Crippen LogP contribution in [0.5, 0.6) is 0 Å². The molecule has 3 rings (SSSR count). The molecule has 7 heteroatoms. The van der Waals surface area contributed by atoms with Crippen molar-refractivity contribution >= 4 is 27.7 Å². The fourth-order valence-corrected chi connectivity index (χ4v) is 4.45. The first-order chi connectivity index (χ1) is 14.7. The Morgan fingerprint density at radius 1 is 1.03 bits per heavy atom. The van der Waals surface area contributed by atoms with Crippen molar-refractivity contribution in [1.82, 2.24) is 4.31 Å². The van der Waals surface area contributed by atoms with E-state index in [-0.39, 0.29) is 13.1 Å². The van der Waals surface area contributed by atoms with Crippen molar-refractivity contribution in [2.75, 3.05) is 11.9 Å². The molecule has 0 fully saturated rings. The van der Waals surface area contributed by atoms with Crippen LogP contribution in [0.1, 0.15) is 28.0 Å². The zero-order valence-corrected chi connectivity index (χ0v) is 18.6. The van der Waals surface area contributed by atoms with Crippen LogP contribution in [0.4, 0.5) is 5.69 Å². The van der Waals surface area contributed by atoms with Crippen LogP contribution in [0.25, 0.3) is 6.08 Å². The molecule has 0 unspecified atom stereocenters. The first-order valence-electron chi connectivity index (χ1n) is 9.88. The molecule has 0 saturated carbocycles. The molecule has 1 N–H and O–H groups in total. The van der Waals surface area contributed by atoms with Gasteiger partial charge in [-0.15, -0.1) is 0 Å². The minimum Gasteiger partial charge on any atom is -0.468 e. The number of nitrogens with zero attached hydrogens (tertiary/aromatic N) is 1. The van der Waals surface area contributed by atoms with E-state index in [2.05, 4.69) is 5.32 Å². The number of amides is 1. The fraction of sp³-hybridized carbons (Fsp3) is 0.208. The summed E-state index contributed by atoms with van der Waals surface area (Å²) in [4.78, 5) is 12.8. The zero-order chi connectivity index (χ0) is 22.4. The van der Waals surface area contributed by atoms with E-state index in [1.54, 1.807) is 24.3 Å². The fourth-order valence-electron chi connectivity index (χ4n) is 3.34. The van der Waals surface area contributed by atoms with Crippen LogP contribution in [-0.4, -0.2) is 25.2 Å². The van der Waals surface area contributed by atoms with Gasteiger partial charge in [0.2, 0.25) is 15.9 Å².